The number of amidine groups is 1. The van der Waals surface area contributed by atoms with Crippen molar-refractivity contribution in [2.45, 2.75) is 13.0 Å². The molecule has 0 bridgehead atoms. The van der Waals surface area contributed by atoms with E-state index < -0.39 is 11.9 Å². The summed E-state index contributed by atoms with van der Waals surface area (Å²) in [5, 5.41) is 6.20. The van der Waals surface area contributed by atoms with Crippen LogP contribution in [0, 0.1) is 0 Å². The van der Waals surface area contributed by atoms with Gasteiger partial charge in [0.1, 0.15) is 6.04 Å². The van der Waals surface area contributed by atoms with Crippen LogP contribution in [0.4, 0.5) is 10.8 Å². The summed E-state index contributed by atoms with van der Waals surface area (Å²) in [4.78, 5) is 32.5. The third-order valence-corrected chi connectivity index (χ3v) is 3.69. The zero-order chi connectivity index (χ0) is 15.5. The molecule has 1 aromatic heterocycles. The van der Waals surface area contributed by atoms with E-state index in [0.717, 1.165) is 0 Å². The molecule has 1 aliphatic heterocycles. The number of rotatable bonds is 3. The first-order valence-corrected chi connectivity index (χ1v) is 7.47. The van der Waals surface area contributed by atoms with Crippen molar-refractivity contribution in [3.63, 3.8) is 0 Å². The van der Waals surface area contributed by atoms with E-state index in [2.05, 4.69) is 20.7 Å². The van der Waals surface area contributed by atoms with E-state index in [9.17, 15) is 9.59 Å². The average Bonchev–Trinajstić information content (AvgIpc) is 3.03. The third kappa shape index (κ3) is 2.82. The molecule has 2 N–H and O–H groups in total. The van der Waals surface area contributed by atoms with E-state index in [1.165, 1.54) is 16.3 Å². The van der Waals surface area contributed by atoms with Crippen LogP contribution in [-0.2, 0) is 9.59 Å². The molecular formula is C14H13N5O2S. The lowest BCUT2D eigenvalue weighted by atomic mass is 10.2. The molecule has 0 radical (unpaired) electrons. The van der Waals surface area contributed by atoms with Gasteiger partial charge in [-0.05, 0) is 19.1 Å². The van der Waals surface area contributed by atoms with Crippen LogP contribution in [0.15, 0.2) is 46.9 Å². The van der Waals surface area contributed by atoms with Gasteiger partial charge in [0.15, 0.2) is 5.13 Å². The Morgan fingerprint density at radius 3 is 2.82 bits per heavy atom. The predicted octanol–water partition coefficient (Wildman–Crippen LogP) is 1.42. The van der Waals surface area contributed by atoms with Crippen molar-refractivity contribution in [1.29, 1.82) is 0 Å². The lowest BCUT2D eigenvalue weighted by Crippen LogP contribution is -2.57. The highest BCUT2D eigenvalue weighted by Crippen LogP contribution is 2.16. The van der Waals surface area contributed by atoms with Crippen molar-refractivity contribution >= 4 is 39.8 Å². The monoisotopic (exact) mass is 315 g/mol. The largest absolute Gasteiger partial charge is 0.295 e. The SMILES string of the molecule is C[C@H]1N=C(C(=O)Nc2nccs2)NN(c2ccccc2)C1=O. The Hall–Kier alpha value is -2.74. The molecule has 0 fully saturated rings. The summed E-state index contributed by atoms with van der Waals surface area (Å²) in [7, 11) is 0. The fourth-order valence-corrected chi connectivity index (χ4v) is 2.47. The molecule has 1 aromatic carbocycles. The Balaban J connectivity index is 1.82. The Morgan fingerprint density at radius 2 is 2.14 bits per heavy atom. The highest BCUT2D eigenvalue weighted by atomic mass is 32.1. The quantitative estimate of drug-likeness (QED) is 0.897. The number of hydrogen-bond acceptors (Lipinski definition) is 6. The van der Waals surface area contributed by atoms with Crippen LogP contribution in [0.3, 0.4) is 0 Å². The van der Waals surface area contributed by atoms with Crippen LogP contribution in [-0.4, -0.2) is 28.7 Å². The molecule has 22 heavy (non-hydrogen) atoms. The standard InChI is InChI=1S/C14H13N5O2S/c1-9-13(21)19(10-5-3-2-4-6-10)18-11(16-9)12(20)17-14-15-7-8-22-14/h2-9H,1H3,(H,16,18)(H,15,17,20)/t9-/m1/s1. The average molecular weight is 315 g/mol. The Kier molecular flexibility index (Phi) is 3.84. The van der Waals surface area contributed by atoms with Gasteiger partial charge in [0, 0.05) is 11.6 Å². The number of anilines is 2. The van der Waals surface area contributed by atoms with Crippen molar-refractivity contribution in [1.82, 2.24) is 10.4 Å². The van der Waals surface area contributed by atoms with Crippen LogP contribution in [0.5, 0.6) is 0 Å². The number of thiazole rings is 1. The van der Waals surface area contributed by atoms with Crippen molar-refractivity contribution in [2.75, 3.05) is 10.3 Å². The second-order valence-electron chi connectivity index (χ2n) is 4.57. The fourth-order valence-electron chi connectivity index (χ4n) is 1.95. The smallest absolute Gasteiger partial charge is 0.294 e. The molecule has 1 aliphatic rings. The summed E-state index contributed by atoms with van der Waals surface area (Å²) in [6, 6.07) is 8.40. The van der Waals surface area contributed by atoms with Gasteiger partial charge in [-0.15, -0.1) is 11.3 Å². The second-order valence-corrected chi connectivity index (χ2v) is 5.46. The zero-order valence-corrected chi connectivity index (χ0v) is 12.5. The van der Waals surface area contributed by atoms with Gasteiger partial charge >= 0.3 is 0 Å². The highest BCUT2D eigenvalue weighted by molar-refractivity contribution is 7.13. The zero-order valence-electron chi connectivity index (χ0n) is 11.7. The van der Waals surface area contributed by atoms with Gasteiger partial charge in [-0.2, -0.15) is 0 Å². The normalized spacial score (nSPS) is 17.7. The topological polar surface area (TPSA) is 86.7 Å². The lowest BCUT2D eigenvalue weighted by molar-refractivity contribution is -0.120. The molecule has 7 nitrogen and oxygen atoms in total. The molecule has 0 spiro atoms. The number of carbonyl (C=O) groups is 2. The van der Waals surface area contributed by atoms with Crippen molar-refractivity contribution in [3.8, 4) is 0 Å². The van der Waals surface area contributed by atoms with E-state index in [1.54, 1.807) is 30.6 Å². The van der Waals surface area contributed by atoms with Gasteiger partial charge in [0.25, 0.3) is 11.8 Å². The summed E-state index contributed by atoms with van der Waals surface area (Å²) in [5.74, 6) is -0.585. The minimum absolute atomic E-state index is 0.0751. The molecule has 0 saturated carbocycles. The maximum absolute atomic E-state index is 12.2. The third-order valence-electron chi connectivity index (χ3n) is 3.00. The van der Waals surface area contributed by atoms with E-state index in [0.29, 0.717) is 10.8 Å². The van der Waals surface area contributed by atoms with Gasteiger partial charge in [-0.1, -0.05) is 18.2 Å². The first-order chi connectivity index (χ1) is 10.6. The molecule has 0 unspecified atom stereocenters. The number of nitrogens with one attached hydrogen (secondary N) is 2. The summed E-state index contributed by atoms with van der Waals surface area (Å²) in [6.07, 6.45) is 1.60. The fraction of sp³-hybridized carbons (Fsp3) is 0.143. The maximum Gasteiger partial charge on any atom is 0.294 e. The number of nitrogens with zero attached hydrogens (tertiary/aromatic N) is 3. The summed E-state index contributed by atoms with van der Waals surface area (Å²) >= 11 is 1.31. The first kappa shape index (κ1) is 14.2. The van der Waals surface area contributed by atoms with Crippen molar-refractivity contribution in [2.24, 2.45) is 4.99 Å². The summed E-state index contributed by atoms with van der Waals surface area (Å²) in [6.45, 7) is 1.65. The van der Waals surface area contributed by atoms with Crippen LogP contribution >= 0.6 is 11.3 Å². The molecule has 2 aromatic rings. The first-order valence-electron chi connectivity index (χ1n) is 6.59. The maximum atomic E-state index is 12.2. The minimum atomic E-state index is -0.640. The number of hydrogen-bond donors (Lipinski definition) is 2. The Labute approximate surface area is 130 Å². The second kappa shape index (κ2) is 5.94. The molecule has 112 valence electrons. The van der Waals surface area contributed by atoms with Crippen LogP contribution in [0.2, 0.25) is 0 Å². The Bertz CT molecular complexity index is 714. The molecule has 2 amide bonds. The molecular weight excluding hydrogens is 302 g/mol. The van der Waals surface area contributed by atoms with Gasteiger partial charge in [-0.25, -0.2) is 15.0 Å². The van der Waals surface area contributed by atoms with E-state index >= 15 is 0 Å². The summed E-state index contributed by atoms with van der Waals surface area (Å²) < 4.78 is 0. The van der Waals surface area contributed by atoms with Crippen molar-refractivity contribution in [3.05, 3.63) is 41.9 Å². The number of benzene rings is 1. The number of amides is 2. The molecule has 2 heterocycles. The highest BCUT2D eigenvalue weighted by Gasteiger charge is 2.30. The van der Waals surface area contributed by atoms with Crippen LogP contribution < -0.4 is 15.8 Å². The Morgan fingerprint density at radius 1 is 1.36 bits per heavy atom. The van der Waals surface area contributed by atoms with E-state index in [4.69, 9.17) is 0 Å². The van der Waals surface area contributed by atoms with Gasteiger partial charge < -0.3 is 0 Å². The van der Waals surface area contributed by atoms with Gasteiger partial charge in [0.2, 0.25) is 5.84 Å². The number of aromatic nitrogens is 1. The van der Waals surface area contributed by atoms with Gasteiger partial charge in [-0.3, -0.25) is 20.3 Å². The molecule has 3 rings (SSSR count). The van der Waals surface area contributed by atoms with Crippen LogP contribution in [0.25, 0.3) is 0 Å². The van der Waals surface area contributed by atoms with Crippen molar-refractivity contribution < 1.29 is 9.59 Å². The molecule has 1 atom stereocenters. The van der Waals surface area contributed by atoms with E-state index in [-0.39, 0.29) is 11.7 Å². The minimum Gasteiger partial charge on any atom is -0.295 e. The lowest BCUT2D eigenvalue weighted by Gasteiger charge is -2.30. The number of aliphatic imine (C=N–C) groups is 1. The molecule has 0 saturated heterocycles. The number of carbonyl (C=O) groups excluding carboxylic acids is 2. The molecule has 0 aliphatic carbocycles. The van der Waals surface area contributed by atoms with Crippen LogP contribution in [0.1, 0.15) is 6.92 Å². The number of para-hydroxylation sites is 1. The molecule has 8 heteroatoms. The van der Waals surface area contributed by atoms with Gasteiger partial charge in [0.05, 0.1) is 5.69 Å². The summed E-state index contributed by atoms with van der Waals surface area (Å²) in [5.41, 5.74) is 3.41. The predicted molar refractivity (Wildman–Crippen MR) is 84.7 cm³/mol. The van der Waals surface area contributed by atoms with E-state index in [1.807, 2.05) is 18.2 Å². The number of hydrazine groups is 1.